The lowest BCUT2D eigenvalue weighted by Gasteiger charge is -2.26. The molecule has 1 aromatic heterocycles. The van der Waals surface area contributed by atoms with Crippen molar-refractivity contribution in [2.24, 2.45) is 0 Å². The quantitative estimate of drug-likeness (QED) is 0.782. The van der Waals surface area contributed by atoms with E-state index in [0.717, 1.165) is 37.9 Å². The summed E-state index contributed by atoms with van der Waals surface area (Å²) in [4.78, 5) is 23.3. The molecule has 21 heavy (non-hydrogen) atoms. The zero-order valence-electron chi connectivity index (χ0n) is 12.9. The minimum absolute atomic E-state index is 0.0479. The predicted octanol–water partition coefficient (Wildman–Crippen LogP) is -0.231. The Kier molecular flexibility index (Phi) is 5.38. The summed E-state index contributed by atoms with van der Waals surface area (Å²) < 4.78 is 0. The molecule has 0 bridgehead atoms. The Hall–Kier alpha value is -1.38. The molecule has 8 heteroatoms. The molecule has 1 saturated heterocycles. The molecule has 0 spiro atoms. The van der Waals surface area contributed by atoms with E-state index < -0.39 is 0 Å². The fourth-order valence-corrected chi connectivity index (χ4v) is 3.12. The Morgan fingerprint density at radius 3 is 2.62 bits per heavy atom. The van der Waals surface area contributed by atoms with Gasteiger partial charge in [0.25, 0.3) is 5.91 Å². The van der Waals surface area contributed by atoms with Crippen LogP contribution >= 0.6 is 11.3 Å². The number of nitrogens with one attached hydrogen (secondary N) is 1. The summed E-state index contributed by atoms with van der Waals surface area (Å²) in [5, 5.41) is 4.14. The number of piperazine rings is 1. The Morgan fingerprint density at radius 2 is 2.00 bits per heavy atom. The van der Waals surface area contributed by atoms with E-state index >= 15 is 0 Å². The lowest BCUT2D eigenvalue weighted by Crippen LogP contribution is -2.43. The smallest absolute Gasteiger partial charge is 0.267 e. The Morgan fingerprint density at radius 1 is 1.33 bits per heavy atom. The van der Waals surface area contributed by atoms with Gasteiger partial charge in [0, 0.05) is 46.3 Å². The zero-order valence-corrected chi connectivity index (χ0v) is 13.7. The molecule has 0 radical (unpaired) electrons. The van der Waals surface area contributed by atoms with Crippen LogP contribution in [0.3, 0.4) is 0 Å². The van der Waals surface area contributed by atoms with E-state index in [0.29, 0.717) is 17.2 Å². The van der Waals surface area contributed by atoms with Gasteiger partial charge >= 0.3 is 0 Å². The Balaban J connectivity index is 2.05. The maximum atomic E-state index is 12.4. The second-order valence-electron chi connectivity index (χ2n) is 5.48. The van der Waals surface area contributed by atoms with Crippen LogP contribution in [0.2, 0.25) is 0 Å². The van der Waals surface area contributed by atoms with E-state index in [9.17, 15) is 4.79 Å². The molecule has 1 aromatic rings. The van der Waals surface area contributed by atoms with Gasteiger partial charge in [0.1, 0.15) is 10.7 Å². The third-order valence-corrected chi connectivity index (χ3v) is 4.57. The number of hydrogen-bond acceptors (Lipinski definition) is 7. The van der Waals surface area contributed by atoms with Crippen molar-refractivity contribution in [1.29, 1.82) is 0 Å². The number of nitrogens with two attached hydrogens (primary N) is 1. The molecule has 3 N–H and O–H groups in total. The molecule has 118 valence electrons. The number of rotatable bonds is 5. The van der Waals surface area contributed by atoms with Crippen molar-refractivity contribution >= 4 is 28.2 Å². The van der Waals surface area contributed by atoms with E-state index in [4.69, 9.17) is 5.73 Å². The topological polar surface area (TPSA) is 77.7 Å². The molecule has 1 fully saturated rings. The molecule has 1 aliphatic rings. The van der Waals surface area contributed by atoms with Crippen LogP contribution in [0, 0.1) is 0 Å². The molecule has 2 rings (SSSR count). The summed E-state index contributed by atoms with van der Waals surface area (Å²) in [7, 11) is 5.78. The minimum Gasteiger partial charge on any atom is -0.382 e. The van der Waals surface area contributed by atoms with Crippen LogP contribution in [0.1, 0.15) is 9.67 Å². The van der Waals surface area contributed by atoms with E-state index in [1.165, 1.54) is 11.3 Å². The number of thiazole rings is 1. The van der Waals surface area contributed by atoms with Gasteiger partial charge in [-0.15, -0.1) is 0 Å². The zero-order chi connectivity index (χ0) is 15.4. The average Bonchev–Trinajstić information content (AvgIpc) is 2.86. The highest BCUT2D eigenvalue weighted by atomic mass is 32.1. The molecule has 0 atom stereocenters. The number of carbonyl (C=O) groups is 1. The number of anilines is 2. The molecule has 1 aliphatic heterocycles. The van der Waals surface area contributed by atoms with Crippen molar-refractivity contribution in [3.63, 3.8) is 0 Å². The third-order valence-electron chi connectivity index (χ3n) is 3.45. The van der Waals surface area contributed by atoms with Crippen LogP contribution in [0.4, 0.5) is 10.9 Å². The second-order valence-corrected chi connectivity index (χ2v) is 6.46. The van der Waals surface area contributed by atoms with Crippen LogP contribution in [0.5, 0.6) is 0 Å². The Labute approximate surface area is 129 Å². The van der Waals surface area contributed by atoms with Gasteiger partial charge in [-0.1, -0.05) is 11.3 Å². The van der Waals surface area contributed by atoms with Crippen LogP contribution in [0.15, 0.2) is 0 Å². The lowest BCUT2D eigenvalue weighted by atomic mass is 10.4. The number of hydrogen-bond donors (Lipinski definition) is 2. The summed E-state index contributed by atoms with van der Waals surface area (Å²) in [6.07, 6.45) is 0. The first-order valence-electron chi connectivity index (χ1n) is 7.11. The van der Waals surface area contributed by atoms with Crippen molar-refractivity contribution < 1.29 is 4.79 Å². The van der Waals surface area contributed by atoms with Gasteiger partial charge in [0.15, 0.2) is 5.13 Å². The van der Waals surface area contributed by atoms with Crippen molar-refractivity contribution in [2.75, 3.05) is 71.0 Å². The van der Waals surface area contributed by atoms with Crippen molar-refractivity contribution in [2.45, 2.75) is 0 Å². The summed E-state index contributed by atoms with van der Waals surface area (Å²) >= 11 is 1.39. The predicted molar refractivity (Wildman–Crippen MR) is 87.1 cm³/mol. The van der Waals surface area contributed by atoms with E-state index in [1.54, 1.807) is 11.9 Å². The maximum absolute atomic E-state index is 12.4. The molecule has 2 heterocycles. The molecular formula is C13H24N6OS. The summed E-state index contributed by atoms with van der Waals surface area (Å²) in [6.45, 7) is 5.17. The fraction of sp³-hybridized carbons (Fsp3) is 0.692. The molecular weight excluding hydrogens is 288 g/mol. The molecule has 7 nitrogen and oxygen atoms in total. The average molecular weight is 312 g/mol. The van der Waals surface area contributed by atoms with Gasteiger partial charge in [0.2, 0.25) is 0 Å². The fourth-order valence-electron chi connectivity index (χ4n) is 2.09. The monoisotopic (exact) mass is 312 g/mol. The molecule has 0 aliphatic carbocycles. The van der Waals surface area contributed by atoms with Crippen LogP contribution in [0.25, 0.3) is 0 Å². The Bertz CT molecular complexity index is 483. The van der Waals surface area contributed by atoms with Crippen LogP contribution < -0.4 is 16.0 Å². The van der Waals surface area contributed by atoms with Gasteiger partial charge < -0.3 is 25.8 Å². The normalized spacial score (nSPS) is 15.5. The van der Waals surface area contributed by atoms with Crippen molar-refractivity contribution in [3.8, 4) is 0 Å². The number of aromatic nitrogens is 1. The van der Waals surface area contributed by atoms with Crippen LogP contribution in [-0.4, -0.2) is 81.1 Å². The summed E-state index contributed by atoms with van der Waals surface area (Å²) in [5.74, 6) is 0.295. The highest BCUT2D eigenvalue weighted by molar-refractivity contribution is 7.18. The number of likely N-dealkylation sites (N-methyl/N-ethyl adjacent to an activating group) is 2. The minimum atomic E-state index is -0.0479. The van der Waals surface area contributed by atoms with Crippen molar-refractivity contribution in [1.82, 2.24) is 20.1 Å². The first kappa shape index (κ1) is 16.0. The molecule has 0 saturated carbocycles. The second kappa shape index (κ2) is 7.06. The van der Waals surface area contributed by atoms with Crippen molar-refractivity contribution in [3.05, 3.63) is 4.88 Å². The van der Waals surface area contributed by atoms with E-state index in [-0.39, 0.29) is 5.91 Å². The van der Waals surface area contributed by atoms with E-state index in [1.807, 2.05) is 19.0 Å². The van der Waals surface area contributed by atoms with Gasteiger partial charge in [-0.2, -0.15) is 0 Å². The number of nitrogens with zero attached hydrogens (tertiary/aromatic N) is 4. The van der Waals surface area contributed by atoms with Gasteiger partial charge in [-0.3, -0.25) is 4.79 Å². The van der Waals surface area contributed by atoms with Gasteiger partial charge in [-0.25, -0.2) is 4.98 Å². The number of nitrogen functional groups attached to an aromatic ring is 1. The molecule has 0 unspecified atom stereocenters. The standard InChI is InChI=1S/C13H24N6OS/c1-17(2)8-9-18(3)12(20)10-11(14)16-13(21-10)19-6-4-15-5-7-19/h15H,4-9,14H2,1-3H3. The largest absolute Gasteiger partial charge is 0.382 e. The SMILES string of the molecule is CN(C)CCN(C)C(=O)c1sc(N2CCNCC2)nc1N. The first-order valence-corrected chi connectivity index (χ1v) is 7.93. The lowest BCUT2D eigenvalue weighted by molar-refractivity contribution is 0.0792. The summed E-state index contributed by atoms with van der Waals surface area (Å²) in [5.41, 5.74) is 5.94. The molecule has 0 aromatic carbocycles. The number of carbonyl (C=O) groups excluding carboxylic acids is 1. The molecule has 1 amide bonds. The van der Waals surface area contributed by atoms with Crippen LogP contribution in [-0.2, 0) is 0 Å². The number of amides is 1. The first-order chi connectivity index (χ1) is 9.99. The van der Waals surface area contributed by atoms with Gasteiger partial charge in [0.05, 0.1) is 0 Å². The highest BCUT2D eigenvalue weighted by Crippen LogP contribution is 2.29. The third kappa shape index (κ3) is 4.05. The maximum Gasteiger partial charge on any atom is 0.267 e. The highest BCUT2D eigenvalue weighted by Gasteiger charge is 2.22. The van der Waals surface area contributed by atoms with Gasteiger partial charge in [-0.05, 0) is 14.1 Å². The van der Waals surface area contributed by atoms with E-state index in [2.05, 4.69) is 15.2 Å². The summed E-state index contributed by atoms with van der Waals surface area (Å²) in [6, 6.07) is 0.